The number of benzene rings is 2. The zero-order valence-corrected chi connectivity index (χ0v) is 15.7. The highest BCUT2D eigenvalue weighted by molar-refractivity contribution is 7.92. The summed E-state index contributed by atoms with van der Waals surface area (Å²) in [4.78, 5) is 12.3. The lowest BCUT2D eigenvalue weighted by Gasteiger charge is -2.21. The molecule has 0 aliphatic heterocycles. The van der Waals surface area contributed by atoms with Crippen LogP contribution in [0.2, 0.25) is 0 Å². The number of carbonyl (C=O) groups is 1. The highest BCUT2D eigenvalue weighted by Gasteiger charge is 2.25. The lowest BCUT2D eigenvalue weighted by Crippen LogP contribution is -2.29. The minimum absolute atomic E-state index is 0.0783. The van der Waals surface area contributed by atoms with E-state index >= 15 is 0 Å². The first kappa shape index (κ1) is 19.5. The molecule has 0 unspecified atom stereocenters. The lowest BCUT2D eigenvalue weighted by molar-refractivity contribution is -0.124. The van der Waals surface area contributed by atoms with Crippen molar-refractivity contribution in [3.8, 4) is 6.07 Å². The quantitative estimate of drug-likeness (QED) is 0.808. The minimum atomic E-state index is -3.76. The number of nitriles is 1. The molecule has 0 heterocycles. The number of rotatable bonds is 6. The van der Waals surface area contributed by atoms with Gasteiger partial charge >= 0.3 is 0 Å². The number of carbonyl (C=O) groups excluding carboxylic acids is 1. The van der Waals surface area contributed by atoms with Gasteiger partial charge in [0.05, 0.1) is 16.5 Å². The van der Waals surface area contributed by atoms with Crippen molar-refractivity contribution in [2.45, 2.75) is 32.1 Å². The fraction of sp³-hybridized carbons (Fsp3) is 0.263. The largest absolute Gasteiger partial charge is 0.326 e. The molecule has 0 radical (unpaired) electrons. The smallest absolute Gasteiger partial charge is 0.261 e. The fourth-order valence-corrected chi connectivity index (χ4v) is 3.06. The molecule has 6 nitrogen and oxygen atoms in total. The molecule has 136 valence electrons. The standard InChI is InChI=1S/C19H21N3O3S/c1-4-19(2,3)18(23)21-15-9-11-17(12-10-15)26(24,25)22-16-7-5-14(13-20)6-8-16/h5-12,22H,4H2,1-3H3,(H,21,23). The summed E-state index contributed by atoms with van der Waals surface area (Å²) in [5, 5.41) is 11.6. The molecule has 1 amide bonds. The molecule has 26 heavy (non-hydrogen) atoms. The molecular formula is C19H21N3O3S. The predicted molar refractivity (Wildman–Crippen MR) is 101 cm³/mol. The Hall–Kier alpha value is -2.85. The van der Waals surface area contributed by atoms with Crippen LogP contribution < -0.4 is 10.0 Å². The van der Waals surface area contributed by atoms with E-state index in [0.29, 0.717) is 23.4 Å². The Labute approximate surface area is 153 Å². The molecule has 0 atom stereocenters. The van der Waals surface area contributed by atoms with Crippen molar-refractivity contribution in [3.63, 3.8) is 0 Å². The summed E-state index contributed by atoms with van der Waals surface area (Å²) in [6, 6.07) is 14.1. The molecular weight excluding hydrogens is 350 g/mol. The van der Waals surface area contributed by atoms with Crippen molar-refractivity contribution < 1.29 is 13.2 Å². The highest BCUT2D eigenvalue weighted by atomic mass is 32.2. The van der Waals surface area contributed by atoms with Crippen molar-refractivity contribution in [3.05, 3.63) is 54.1 Å². The average Bonchev–Trinajstić information content (AvgIpc) is 2.62. The Bertz CT molecular complexity index is 925. The molecule has 2 N–H and O–H groups in total. The first-order chi connectivity index (χ1) is 12.2. The third-order valence-corrected chi connectivity index (χ3v) is 5.58. The molecule has 0 aliphatic carbocycles. The van der Waals surface area contributed by atoms with Gasteiger partial charge in [-0.2, -0.15) is 5.26 Å². The molecule has 7 heteroatoms. The van der Waals surface area contributed by atoms with Gasteiger partial charge in [-0.1, -0.05) is 20.8 Å². The number of anilines is 2. The molecule has 2 rings (SSSR count). The van der Waals surface area contributed by atoms with Gasteiger partial charge in [0.15, 0.2) is 0 Å². The molecule has 2 aromatic carbocycles. The van der Waals surface area contributed by atoms with Crippen LogP contribution in [0.1, 0.15) is 32.8 Å². The second kappa shape index (κ2) is 7.58. The predicted octanol–water partition coefficient (Wildman–Crippen LogP) is 3.73. The zero-order chi connectivity index (χ0) is 19.4. The third-order valence-electron chi connectivity index (χ3n) is 4.19. The maximum Gasteiger partial charge on any atom is 0.261 e. The molecule has 0 spiro atoms. The molecule has 0 aliphatic rings. The number of hydrogen-bond acceptors (Lipinski definition) is 4. The van der Waals surface area contributed by atoms with Gasteiger partial charge in [-0.05, 0) is 55.0 Å². The van der Waals surface area contributed by atoms with E-state index in [1.807, 2.05) is 26.8 Å². The Morgan fingerprint density at radius 2 is 1.58 bits per heavy atom. The van der Waals surface area contributed by atoms with Crippen molar-refractivity contribution in [2.24, 2.45) is 5.41 Å². The van der Waals surface area contributed by atoms with Crippen molar-refractivity contribution in [2.75, 3.05) is 10.0 Å². The van der Waals surface area contributed by atoms with E-state index in [-0.39, 0.29) is 10.8 Å². The van der Waals surface area contributed by atoms with Crippen molar-refractivity contribution in [1.29, 1.82) is 5.26 Å². The monoisotopic (exact) mass is 371 g/mol. The van der Waals surface area contributed by atoms with E-state index in [0.717, 1.165) is 0 Å². The number of nitrogens with one attached hydrogen (secondary N) is 2. The number of amides is 1. The zero-order valence-electron chi connectivity index (χ0n) is 14.9. The maximum atomic E-state index is 12.4. The summed E-state index contributed by atoms with van der Waals surface area (Å²) in [6.07, 6.45) is 0.694. The Kier molecular flexibility index (Phi) is 5.68. The Balaban J connectivity index is 2.13. The summed E-state index contributed by atoms with van der Waals surface area (Å²) < 4.78 is 27.3. The number of hydrogen-bond donors (Lipinski definition) is 2. The van der Waals surface area contributed by atoms with Gasteiger partial charge in [0.2, 0.25) is 5.91 Å². The minimum Gasteiger partial charge on any atom is -0.326 e. The van der Waals surface area contributed by atoms with Crippen LogP contribution in [0.4, 0.5) is 11.4 Å². The highest BCUT2D eigenvalue weighted by Crippen LogP contribution is 2.23. The summed E-state index contributed by atoms with van der Waals surface area (Å²) >= 11 is 0. The van der Waals surface area contributed by atoms with Crippen LogP contribution in [0.15, 0.2) is 53.4 Å². The second-order valence-electron chi connectivity index (χ2n) is 6.51. The maximum absolute atomic E-state index is 12.4. The van der Waals surface area contributed by atoms with Crippen LogP contribution in [0, 0.1) is 16.7 Å². The van der Waals surface area contributed by atoms with E-state index in [4.69, 9.17) is 5.26 Å². The summed E-state index contributed by atoms with van der Waals surface area (Å²) in [5.41, 5.74) is 0.852. The normalized spacial score (nSPS) is 11.5. The molecule has 0 saturated heterocycles. The van der Waals surface area contributed by atoms with Crippen LogP contribution >= 0.6 is 0 Å². The molecule has 0 bridgehead atoms. The summed E-state index contributed by atoms with van der Waals surface area (Å²) in [5.74, 6) is -0.119. The first-order valence-corrected chi connectivity index (χ1v) is 9.61. The van der Waals surface area contributed by atoms with Crippen LogP contribution in [0.3, 0.4) is 0 Å². The van der Waals surface area contributed by atoms with Crippen LogP contribution in [0.25, 0.3) is 0 Å². The van der Waals surface area contributed by atoms with Crippen LogP contribution in [0.5, 0.6) is 0 Å². The van der Waals surface area contributed by atoms with E-state index in [2.05, 4.69) is 10.0 Å². The molecule has 2 aromatic rings. The van der Waals surface area contributed by atoms with Gasteiger partial charge in [0, 0.05) is 16.8 Å². The van der Waals surface area contributed by atoms with Crippen LogP contribution in [-0.4, -0.2) is 14.3 Å². The van der Waals surface area contributed by atoms with E-state index in [1.54, 1.807) is 12.1 Å². The van der Waals surface area contributed by atoms with Gasteiger partial charge in [-0.3, -0.25) is 9.52 Å². The Morgan fingerprint density at radius 3 is 2.08 bits per heavy atom. The SMILES string of the molecule is CCC(C)(C)C(=O)Nc1ccc(S(=O)(=O)Nc2ccc(C#N)cc2)cc1. The molecule has 0 aromatic heterocycles. The molecule has 0 fully saturated rings. The van der Waals surface area contributed by atoms with Gasteiger partial charge in [-0.15, -0.1) is 0 Å². The van der Waals surface area contributed by atoms with Crippen molar-refractivity contribution >= 4 is 27.3 Å². The number of sulfonamides is 1. The fourth-order valence-electron chi connectivity index (χ4n) is 2.01. The van der Waals surface area contributed by atoms with E-state index in [1.165, 1.54) is 36.4 Å². The lowest BCUT2D eigenvalue weighted by atomic mass is 9.89. The second-order valence-corrected chi connectivity index (χ2v) is 8.19. The van der Waals surface area contributed by atoms with Gasteiger partial charge in [-0.25, -0.2) is 8.42 Å². The van der Waals surface area contributed by atoms with Crippen LogP contribution in [-0.2, 0) is 14.8 Å². The van der Waals surface area contributed by atoms with Gasteiger partial charge in [0.1, 0.15) is 0 Å². The topological polar surface area (TPSA) is 99.1 Å². The molecule has 0 saturated carbocycles. The first-order valence-electron chi connectivity index (χ1n) is 8.12. The average molecular weight is 371 g/mol. The number of nitrogens with zero attached hydrogens (tertiary/aromatic N) is 1. The third kappa shape index (κ3) is 4.61. The van der Waals surface area contributed by atoms with E-state index < -0.39 is 15.4 Å². The van der Waals surface area contributed by atoms with Crippen molar-refractivity contribution in [1.82, 2.24) is 0 Å². The van der Waals surface area contributed by atoms with Gasteiger partial charge in [0.25, 0.3) is 10.0 Å². The van der Waals surface area contributed by atoms with E-state index in [9.17, 15) is 13.2 Å². The Morgan fingerprint density at radius 1 is 1.04 bits per heavy atom. The summed E-state index contributed by atoms with van der Waals surface area (Å²) in [7, 11) is -3.76. The summed E-state index contributed by atoms with van der Waals surface area (Å²) in [6.45, 7) is 5.63. The van der Waals surface area contributed by atoms with Gasteiger partial charge < -0.3 is 5.32 Å².